The van der Waals surface area contributed by atoms with Gasteiger partial charge in [0.05, 0.1) is 5.60 Å². The van der Waals surface area contributed by atoms with E-state index in [-0.39, 0.29) is 0 Å². The van der Waals surface area contributed by atoms with Crippen molar-refractivity contribution in [1.82, 2.24) is 0 Å². The molecule has 0 rings (SSSR count). The Bertz CT molecular complexity index is 403. The third-order valence-electron chi connectivity index (χ3n) is 6.46. The normalized spacial score (nSPS) is 16.5. The molecule has 0 aromatic rings. The minimum Gasteiger partial charge on any atom is -0.303 e. The third-order valence-corrected chi connectivity index (χ3v) is 7.08. The van der Waals surface area contributed by atoms with Crippen LogP contribution in [0.5, 0.6) is 0 Å². The summed E-state index contributed by atoms with van der Waals surface area (Å²) >= 11 is 0. The molecule has 176 valence electrons. The first-order valence-electron chi connectivity index (χ1n) is 12.5. The molecule has 0 aliphatic carbocycles. The van der Waals surface area contributed by atoms with Crippen LogP contribution in [-0.4, -0.2) is 15.4 Å². The molecule has 0 aliphatic heterocycles. The first kappa shape index (κ1) is 29.1. The second kappa shape index (κ2) is 16.8. The van der Waals surface area contributed by atoms with Crippen molar-refractivity contribution in [1.29, 1.82) is 0 Å². The molecule has 2 unspecified atom stereocenters. The standard InChI is InChI=1S/C24H51O4P/c1-6-11-14-15-16-19-24(28-29(25,26)27,20-22(9-4)17-12-7-2)21-23(10-5)18-13-8-3/h22-23H,6-21H2,1-5H3,(H2,25,26,27). The molecule has 29 heavy (non-hydrogen) atoms. The van der Waals surface area contributed by atoms with E-state index in [2.05, 4.69) is 34.6 Å². The molecule has 0 aromatic carbocycles. The fourth-order valence-electron chi connectivity index (χ4n) is 4.65. The molecule has 2 atom stereocenters. The molecular formula is C24H51O4P. The number of rotatable bonds is 20. The van der Waals surface area contributed by atoms with E-state index < -0.39 is 13.4 Å². The molecular weight excluding hydrogens is 383 g/mol. The Kier molecular flexibility index (Phi) is 16.8. The lowest BCUT2D eigenvalue weighted by Crippen LogP contribution is -2.37. The van der Waals surface area contributed by atoms with Gasteiger partial charge in [-0.1, -0.05) is 118 Å². The Morgan fingerprint density at radius 1 is 0.724 bits per heavy atom. The number of unbranched alkanes of at least 4 members (excludes halogenated alkanes) is 6. The summed E-state index contributed by atoms with van der Waals surface area (Å²) in [5, 5.41) is 0. The molecule has 0 amide bonds. The fraction of sp³-hybridized carbons (Fsp3) is 1.00. The topological polar surface area (TPSA) is 66.8 Å². The Balaban J connectivity index is 5.53. The molecule has 4 nitrogen and oxygen atoms in total. The van der Waals surface area contributed by atoms with Crippen LogP contribution in [0.15, 0.2) is 0 Å². The van der Waals surface area contributed by atoms with Gasteiger partial charge in [-0.3, -0.25) is 4.52 Å². The van der Waals surface area contributed by atoms with Gasteiger partial charge in [0, 0.05) is 0 Å². The van der Waals surface area contributed by atoms with E-state index in [0.717, 1.165) is 70.6 Å². The summed E-state index contributed by atoms with van der Waals surface area (Å²) in [5.74, 6) is 0.946. The van der Waals surface area contributed by atoms with E-state index in [9.17, 15) is 14.4 Å². The minimum atomic E-state index is -4.53. The maximum Gasteiger partial charge on any atom is 0.470 e. The van der Waals surface area contributed by atoms with E-state index >= 15 is 0 Å². The van der Waals surface area contributed by atoms with Gasteiger partial charge in [0.1, 0.15) is 0 Å². The van der Waals surface area contributed by atoms with Crippen LogP contribution in [0.3, 0.4) is 0 Å². The van der Waals surface area contributed by atoms with Gasteiger partial charge in [-0.25, -0.2) is 4.57 Å². The molecule has 0 bridgehead atoms. The minimum absolute atomic E-state index is 0.473. The predicted octanol–water partition coefficient (Wildman–Crippen LogP) is 8.41. The van der Waals surface area contributed by atoms with Crippen LogP contribution >= 0.6 is 7.82 Å². The smallest absolute Gasteiger partial charge is 0.303 e. The van der Waals surface area contributed by atoms with Gasteiger partial charge < -0.3 is 9.79 Å². The third kappa shape index (κ3) is 14.7. The van der Waals surface area contributed by atoms with Crippen molar-refractivity contribution in [3.05, 3.63) is 0 Å². The van der Waals surface area contributed by atoms with E-state index in [4.69, 9.17) is 4.52 Å². The zero-order chi connectivity index (χ0) is 22.2. The Morgan fingerprint density at radius 3 is 1.55 bits per heavy atom. The van der Waals surface area contributed by atoms with Crippen LogP contribution in [0.1, 0.15) is 137 Å². The van der Waals surface area contributed by atoms with Crippen molar-refractivity contribution in [2.45, 2.75) is 143 Å². The average Bonchev–Trinajstić information content (AvgIpc) is 2.67. The fourth-order valence-corrected chi connectivity index (χ4v) is 5.39. The first-order valence-corrected chi connectivity index (χ1v) is 14.0. The van der Waals surface area contributed by atoms with Crippen molar-refractivity contribution in [2.75, 3.05) is 0 Å². The zero-order valence-corrected chi connectivity index (χ0v) is 21.0. The van der Waals surface area contributed by atoms with Gasteiger partial charge in [-0.2, -0.15) is 0 Å². The highest BCUT2D eigenvalue weighted by Gasteiger charge is 2.40. The molecule has 0 aliphatic rings. The van der Waals surface area contributed by atoms with Gasteiger partial charge in [-0.05, 0) is 31.1 Å². The first-order chi connectivity index (χ1) is 13.8. The van der Waals surface area contributed by atoms with Crippen molar-refractivity contribution in [3.63, 3.8) is 0 Å². The van der Waals surface area contributed by atoms with Crippen molar-refractivity contribution in [3.8, 4) is 0 Å². The lowest BCUT2D eigenvalue weighted by atomic mass is 9.76. The van der Waals surface area contributed by atoms with Crippen molar-refractivity contribution in [2.24, 2.45) is 11.8 Å². The summed E-state index contributed by atoms with van der Waals surface area (Å²) in [6.07, 6.45) is 17.1. The second-order valence-electron chi connectivity index (χ2n) is 9.17. The molecule has 0 fully saturated rings. The number of phosphoric acid groups is 1. The van der Waals surface area contributed by atoms with Crippen LogP contribution < -0.4 is 0 Å². The Morgan fingerprint density at radius 2 is 1.17 bits per heavy atom. The highest BCUT2D eigenvalue weighted by Crippen LogP contribution is 2.49. The van der Waals surface area contributed by atoms with E-state index in [1.165, 1.54) is 32.1 Å². The molecule has 0 aromatic heterocycles. The number of phosphoric ester groups is 1. The summed E-state index contributed by atoms with van der Waals surface area (Å²) < 4.78 is 17.7. The van der Waals surface area contributed by atoms with Crippen LogP contribution in [0.2, 0.25) is 0 Å². The largest absolute Gasteiger partial charge is 0.470 e. The van der Waals surface area contributed by atoms with Crippen LogP contribution in [0.25, 0.3) is 0 Å². The van der Waals surface area contributed by atoms with Crippen molar-refractivity contribution >= 4 is 7.82 Å². The van der Waals surface area contributed by atoms with Gasteiger partial charge in [0.15, 0.2) is 0 Å². The van der Waals surface area contributed by atoms with E-state index in [0.29, 0.717) is 11.8 Å². The number of hydrogen-bond donors (Lipinski definition) is 2. The number of hydrogen-bond acceptors (Lipinski definition) is 2. The molecule has 2 N–H and O–H groups in total. The van der Waals surface area contributed by atoms with Crippen LogP contribution in [0.4, 0.5) is 0 Å². The highest BCUT2D eigenvalue weighted by atomic mass is 31.2. The van der Waals surface area contributed by atoms with Gasteiger partial charge in [-0.15, -0.1) is 0 Å². The molecule has 5 heteroatoms. The quantitative estimate of drug-likeness (QED) is 0.149. The Hall–Kier alpha value is 0.110. The van der Waals surface area contributed by atoms with Crippen molar-refractivity contribution < 1.29 is 18.9 Å². The summed E-state index contributed by atoms with van der Waals surface area (Å²) in [7, 11) is -4.53. The van der Waals surface area contributed by atoms with E-state index in [1.54, 1.807) is 0 Å². The maximum atomic E-state index is 12.0. The van der Waals surface area contributed by atoms with Gasteiger partial charge >= 0.3 is 7.82 Å². The molecule has 0 radical (unpaired) electrons. The molecule has 0 saturated heterocycles. The summed E-state index contributed by atoms with van der Waals surface area (Å²) in [6, 6.07) is 0. The maximum absolute atomic E-state index is 12.0. The summed E-state index contributed by atoms with van der Waals surface area (Å²) in [4.78, 5) is 19.6. The molecule has 0 spiro atoms. The highest BCUT2D eigenvalue weighted by molar-refractivity contribution is 7.46. The van der Waals surface area contributed by atoms with Gasteiger partial charge in [0.2, 0.25) is 0 Å². The predicted molar refractivity (Wildman–Crippen MR) is 125 cm³/mol. The van der Waals surface area contributed by atoms with Gasteiger partial charge in [0.25, 0.3) is 0 Å². The second-order valence-corrected chi connectivity index (χ2v) is 10.3. The SMILES string of the molecule is CCCCCCCC(CC(CC)CCCC)(CC(CC)CCCC)OP(=O)(O)O. The summed E-state index contributed by atoms with van der Waals surface area (Å²) in [5.41, 5.74) is -0.686. The monoisotopic (exact) mass is 434 g/mol. The Labute approximate surface area is 181 Å². The summed E-state index contributed by atoms with van der Waals surface area (Å²) in [6.45, 7) is 11.0. The molecule has 0 heterocycles. The lowest BCUT2D eigenvalue weighted by Gasteiger charge is -2.39. The molecule has 0 saturated carbocycles. The van der Waals surface area contributed by atoms with Crippen LogP contribution in [-0.2, 0) is 9.09 Å². The van der Waals surface area contributed by atoms with E-state index in [1.807, 2.05) is 0 Å². The van der Waals surface area contributed by atoms with Crippen LogP contribution in [0, 0.1) is 11.8 Å². The zero-order valence-electron chi connectivity index (χ0n) is 20.1. The lowest BCUT2D eigenvalue weighted by molar-refractivity contribution is -0.0187. The average molecular weight is 435 g/mol.